The first kappa shape index (κ1) is 13.9. The van der Waals surface area contributed by atoms with Gasteiger partial charge < -0.3 is 19.4 Å². The van der Waals surface area contributed by atoms with Gasteiger partial charge in [-0.05, 0) is 18.9 Å². The maximum atomic E-state index is 5.84. The van der Waals surface area contributed by atoms with Crippen LogP contribution in [0.4, 0.5) is 0 Å². The molecule has 1 unspecified atom stereocenters. The lowest BCUT2D eigenvalue weighted by Crippen LogP contribution is -2.21. The van der Waals surface area contributed by atoms with Gasteiger partial charge in [0.2, 0.25) is 0 Å². The second kappa shape index (κ2) is 6.18. The van der Waals surface area contributed by atoms with Crippen LogP contribution in [0.25, 0.3) is 0 Å². The summed E-state index contributed by atoms with van der Waals surface area (Å²) in [5, 5.41) is 3.62. The molecule has 2 heterocycles. The fourth-order valence-electron chi connectivity index (χ4n) is 2.67. The fourth-order valence-corrected chi connectivity index (χ4v) is 2.67. The minimum Gasteiger partial charge on any atom is -0.497 e. The summed E-state index contributed by atoms with van der Waals surface area (Å²) in [5.41, 5.74) is 2.38. The van der Waals surface area contributed by atoms with Crippen LogP contribution in [0.2, 0.25) is 0 Å². The number of fused-ring (bicyclic) bond motifs is 1. The predicted molar refractivity (Wildman–Crippen MR) is 80.5 cm³/mol. The van der Waals surface area contributed by atoms with Gasteiger partial charge in [-0.15, -0.1) is 0 Å². The molecule has 0 fully saturated rings. The zero-order valence-electron chi connectivity index (χ0n) is 12.5. The van der Waals surface area contributed by atoms with Gasteiger partial charge in [0, 0.05) is 37.5 Å². The molecular weight excluding hydrogens is 266 g/mol. The zero-order valence-corrected chi connectivity index (χ0v) is 12.5. The Labute approximate surface area is 124 Å². The Hall–Kier alpha value is -2.01. The van der Waals surface area contributed by atoms with Crippen molar-refractivity contribution in [3.8, 4) is 11.5 Å². The summed E-state index contributed by atoms with van der Waals surface area (Å²) in [6, 6.07) is 6.36. The number of hydrogen-bond acceptors (Lipinski definition) is 4. The van der Waals surface area contributed by atoms with Crippen LogP contribution in [-0.4, -0.2) is 23.3 Å². The van der Waals surface area contributed by atoms with E-state index in [4.69, 9.17) is 9.47 Å². The zero-order chi connectivity index (χ0) is 14.7. The summed E-state index contributed by atoms with van der Waals surface area (Å²) in [6.07, 6.45) is 5.83. The molecule has 112 valence electrons. The van der Waals surface area contributed by atoms with Crippen LogP contribution >= 0.6 is 0 Å². The van der Waals surface area contributed by atoms with Gasteiger partial charge in [0.25, 0.3) is 0 Å². The Morgan fingerprint density at radius 1 is 1.48 bits per heavy atom. The molecule has 0 spiro atoms. The smallest absolute Gasteiger partial charge is 0.127 e. The number of rotatable bonds is 4. The summed E-state index contributed by atoms with van der Waals surface area (Å²) in [6.45, 7) is 1.55. The quantitative estimate of drug-likeness (QED) is 0.938. The molecule has 0 aliphatic carbocycles. The molecule has 1 aliphatic heterocycles. The van der Waals surface area contributed by atoms with Crippen molar-refractivity contribution in [2.75, 3.05) is 13.7 Å². The minimum absolute atomic E-state index is 0.295. The third kappa shape index (κ3) is 3.03. The maximum absolute atomic E-state index is 5.84. The number of benzene rings is 1. The molecule has 2 aromatic rings. The van der Waals surface area contributed by atoms with Crippen LogP contribution in [0.5, 0.6) is 11.5 Å². The molecule has 1 aliphatic rings. The van der Waals surface area contributed by atoms with Crippen LogP contribution in [0.1, 0.15) is 30.1 Å². The van der Waals surface area contributed by atoms with Crippen LogP contribution in [0.3, 0.4) is 0 Å². The van der Waals surface area contributed by atoms with Crippen molar-refractivity contribution < 1.29 is 9.47 Å². The predicted octanol–water partition coefficient (Wildman–Crippen LogP) is 2.43. The lowest BCUT2D eigenvalue weighted by Gasteiger charge is -2.19. The van der Waals surface area contributed by atoms with E-state index in [-0.39, 0.29) is 0 Å². The summed E-state index contributed by atoms with van der Waals surface area (Å²) in [7, 11) is 3.69. The third-order valence-corrected chi connectivity index (χ3v) is 3.94. The monoisotopic (exact) mass is 287 g/mol. The third-order valence-electron chi connectivity index (χ3n) is 3.94. The molecule has 1 aromatic carbocycles. The first-order chi connectivity index (χ1) is 10.3. The Morgan fingerprint density at radius 2 is 2.38 bits per heavy atom. The minimum atomic E-state index is 0.295. The van der Waals surface area contributed by atoms with E-state index in [9.17, 15) is 0 Å². The van der Waals surface area contributed by atoms with E-state index in [1.54, 1.807) is 7.11 Å². The van der Waals surface area contributed by atoms with E-state index in [2.05, 4.69) is 16.4 Å². The van der Waals surface area contributed by atoms with Gasteiger partial charge in [0.1, 0.15) is 11.5 Å². The standard InChI is InChI=1S/C16H21N3O2/c1-19-11-17-9-12(19)10-18-15-4-3-7-21-16-8-13(20-2)5-6-14(15)16/h5-6,8-9,11,15,18H,3-4,7,10H2,1-2H3. The van der Waals surface area contributed by atoms with Crippen LogP contribution in [0.15, 0.2) is 30.7 Å². The second-order valence-corrected chi connectivity index (χ2v) is 5.32. The molecule has 0 amide bonds. The van der Waals surface area contributed by atoms with E-state index < -0.39 is 0 Å². The molecule has 5 heteroatoms. The van der Waals surface area contributed by atoms with Crippen LogP contribution < -0.4 is 14.8 Å². The van der Waals surface area contributed by atoms with Gasteiger partial charge in [0.15, 0.2) is 0 Å². The molecule has 3 rings (SSSR count). The molecular formula is C16H21N3O2. The number of aryl methyl sites for hydroxylation is 1. The van der Waals surface area contributed by atoms with Gasteiger partial charge in [-0.2, -0.15) is 0 Å². The summed E-state index contributed by atoms with van der Waals surface area (Å²) in [4.78, 5) is 4.15. The van der Waals surface area contributed by atoms with E-state index in [1.165, 1.54) is 11.3 Å². The van der Waals surface area contributed by atoms with E-state index >= 15 is 0 Å². The topological polar surface area (TPSA) is 48.3 Å². The average Bonchev–Trinajstić information content (AvgIpc) is 2.81. The Bertz CT molecular complexity index is 609. The van der Waals surface area contributed by atoms with Gasteiger partial charge >= 0.3 is 0 Å². The lowest BCUT2D eigenvalue weighted by atomic mass is 10.0. The first-order valence-electron chi connectivity index (χ1n) is 7.27. The Kier molecular flexibility index (Phi) is 4.10. The number of nitrogens with one attached hydrogen (secondary N) is 1. The Morgan fingerprint density at radius 3 is 3.14 bits per heavy atom. The van der Waals surface area contributed by atoms with Crippen molar-refractivity contribution in [3.05, 3.63) is 42.0 Å². The highest BCUT2D eigenvalue weighted by Crippen LogP contribution is 2.34. The average molecular weight is 287 g/mol. The number of nitrogens with zero attached hydrogens (tertiary/aromatic N) is 2. The fraction of sp³-hybridized carbons (Fsp3) is 0.438. The summed E-state index contributed by atoms with van der Waals surface area (Å²) >= 11 is 0. The first-order valence-corrected chi connectivity index (χ1v) is 7.27. The van der Waals surface area contributed by atoms with Gasteiger partial charge in [-0.25, -0.2) is 4.98 Å². The molecule has 5 nitrogen and oxygen atoms in total. The highest BCUT2D eigenvalue weighted by molar-refractivity contribution is 5.43. The van der Waals surface area contributed by atoms with E-state index in [1.807, 2.05) is 36.3 Å². The van der Waals surface area contributed by atoms with Crippen LogP contribution in [0, 0.1) is 0 Å². The highest BCUT2D eigenvalue weighted by atomic mass is 16.5. The van der Waals surface area contributed by atoms with Crippen molar-refractivity contribution in [3.63, 3.8) is 0 Å². The maximum Gasteiger partial charge on any atom is 0.127 e. The number of methoxy groups -OCH3 is 1. The summed E-state index contributed by atoms with van der Waals surface area (Å²) < 4.78 is 13.2. The van der Waals surface area contributed by atoms with Crippen molar-refractivity contribution in [1.29, 1.82) is 0 Å². The van der Waals surface area contributed by atoms with Gasteiger partial charge in [0.05, 0.1) is 25.7 Å². The van der Waals surface area contributed by atoms with Crippen molar-refractivity contribution in [2.45, 2.75) is 25.4 Å². The number of hydrogen-bond donors (Lipinski definition) is 1. The largest absolute Gasteiger partial charge is 0.497 e. The Balaban J connectivity index is 1.78. The highest BCUT2D eigenvalue weighted by Gasteiger charge is 2.20. The van der Waals surface area contributed by atoms with Crippen molar-refractivity contribution in [1.82, 2.24) is 14.9 Å². The van der Waals surface area contributed by atoms with E-state index in [0.29, 0.717) is 6.04 Å². The lowest BCUT2D eigenvalue weighted by molar-refractivity contribution is 0.312. The van der Waals surface area contributed by atoms with Gasteiger partial charge in [-0.3, -0.25) is 0 Å². The summed E-state index contributed by atoms with van der Waals surface area (Å²) in [5.74, 6) is 1.76. The van der Waals surface area contributed by atoms with Crippen molar-refractivity contribution in [2.24, 2.45) is 7.05 Å². The molecule has 1 aromatic heterocycles. The van der Waals surface area contributed by atoms with Crippen molar-refractivity contribution >= 4 is 0 Å². The number of ether oxygens (including phenoxy) is 2. The number of aromatic nitrogens is 2. The molecule has 1 atom stereocenters. The van der Waals surface area contributed by atoms with Crippen LogP contribution in [-0.2, 0) is 13.6 Å². The molecule has 1 N–H and O–H groups in total. The molecule has 0 bridgehead atoms. The normalized spacial score (nSPS) is 17.7. The molecule has 21 heavy (non-hydrogen) atoms. The van der Waals surface area contributed by atoms with E-state index in [0.717, 1.165) is 37.5 Å². The number of imidazole rings is 1. The molecule has 0 radical (unpaired) electrons. The molecule has 0 saturated carbocycles. The second-order valence-electron chi connectivity index (χ2n) is 5.32. The van der Waals surface area contributed by atoms with Gasteiger partial charge in [-0.1, -0.05) is 6.07 Å². The molecule has 0 saturated heterocycles. The SMILES string of the molecule is COc1ccc2c(c1)OCCCC2NCc1cncn1C.